The lowest BCUT2D eigenvalue weighted by Gasteiger charge is -2.18. The van der Waals surface area contributed by atoms with Crippen LogP contribution in [-0.2, 0) is 15.6 Å². The number of carbonyl (C=O) groups excluding carboxylic acids is 1. The first-order valence-electron chi connectivity index (χ1n) is 12.3. The molecule has 0 bridgehead atoms. The van der Waals surface area contributed by atoms with Gasteiger partial charge in [-0.15, -0.1) is 0 Å². The highest BCUT2D eigenvalue weighted by Gasteiger charge is 2.21. The van der Waals surface area contributed by atoms with Crippen LogP contribution in [0.5, 0.6) is 11.5 Å². The van der Waals surface area contributed by atoms with Crippen molar-refractivity contribution in [1.29, 1.82) is 0 Å². The van der Waals surface area contributed by atoms with Crippen LogP contribution in [0.1, 0.15) is 20.8 Å². The lowest BCUT2D eigenvalue weighted by molar-refractivity contribution is 0.262. The fraction of sp³-hybridized carbons (Fsp3) is 0.185. The molecule has 5 rings (SSSR count). The topological polar surface area (TPSA) is 153 Å². The van der Waals surface area contributed by atoms with Crippen LogP contribution in [0.25, 0.3) is 22.2 Å². The van der Waals surface area contributed by atoms with Crippen LogP contribution in [0.4, 0.5) is 26.4 Å². The third-order valence-electron chi connectivity index (χ3n) is 5.72. The summed E-state index contributed by atoms with van der Waals surface area (Å²) in [7, 11) is -3.53. The first-order valence-corrected chi connectivity index (χ1v) is 14.2. The highest BCUT2D eigenvalue weighted by atomic mass is 32.2. The Balaban J connectivity index is 1.32. The predicted octanol–water partition coefficient (Wildman–Crippen LogP) is 5.79. The van der Waals surface area contributed by atoms with Crippen molar-refractivity contribution in [2.24, 2.45) is 0 Å². The van der Waals surface area contributed by atoms with Crippen molar-refractivity contribution >= 4 is 44.2 Å². The van der Waals surface area contributed by atoms with Crippen LogP contribution < -0.4 is 20.1 Å². The van der Waals surface area contributed by atoms with Gasteiger partial charge in [0.2, 0.25) is 10.0 Å². The molecular weight excluding hydrogens is 553 g/mol. The summed E-state index contributed by atoms with van der Waals surface area (Å²) in [6.45, 7) is 5.93. The summed E-state index contributed by atoms with van der Waals surface area (Å²) >= 11 is 0. The van der Waals surface area contributed by atoms with Crippen LogP contribution in [-0.4, -0.2) is 40.6 Å². The van der Waals surface area contributed by atoms with Gasteiger partial charge in [-0.05, 0) is 57.2 Å². The molecule has 0 aliphatic carbocycles. The highest BCUT2D eigenvalue weighted by Crippen LogP contribution is 2.32. The van der Waals surface area contributed by atoms with Crippen molar-refractivity contribution < 1.29 is 26.9 Å². The number of nitrogens with zero attached hydrogens (tertiary/aromatic N) is 4. The van der Waals surface area contributed by atoms with Gasteiger partial charge in [-0.1, -0.05) is 5.16 Å². The molecule has 12 nitrogen and oxygen atoms in total. The summed E-state index contributed by atoms with van der Waals surface area (Å²) in [4.78, 5) is 16.8. The minimum Gasteiger partial charge on any atom is -0.457 e. The smallest absolute Gasteiger partial charge is 0.323 e. The summed E-state index contributed by atoms with van der Waals surface area (Å²) in [6.07, 6.45) is 5.64. The lowest BCUT2D eigenvalue weighted by atomic mass is 10.1. The Bertz CT molecular complexity index is 1860. The Morgan fingerprint density at radius 1 is 1.02 bits per heavy atom. The minimum absolute atomic E-state index is 0.0518. The molecule has 5 aromatic rings. The summed E-state index contributed by atoms with van der Waals surface area (Å²) in [6, 6.07) is 11.5. The van der Waals surface area contributed by atoms with E-state index in [4.69, 9.17) is 9.26 Å². The van der Waals surface area contributed by atoms with Crippen LogP contribution in [0, 0.1) is 5.82 Å². The molecule has 212 valence electrons. The van der Waals surface area contributed by atoms with E-state index in [1.165, 1.54) is 30.5 Å². The number of ether oxygens (including phenoxy) is 1. The standard InChI is InChI=1S/C27H26FN7O5S/c1-27(2,3)35-15-22(25(33-35)16-5-8-23-17(11-16)14-30-40-23)32-26(36)31-21-7-6-18(12-20(21)28)39-19-9-10-29-24(13-19)34-41(4,37)38/h5-15H,1-4H3,(H,29,34)(H2,31,32,36). The largest absolute Gasteiger partial charge is 0.457 e. The molecule has 2 aromatic carbocycles. The second-order valence-corrected chi connectivity index (χ2v) is 11.9. The van der Waals surface area contributed by atoms with E-state index >= 15 is 0 Å². The van der Waals surface area contributed by atoms with Crippen LogP contribution in [0.15, 0.2) is 71.6 Å². The van der Waals surface area contributed by atoms with Crippen LogP contribution in [0.3, 0.4) is 0 Å². The van der Waals surface area contributed by atoms with Gasteiger partial charge >= 0.3 is 6.03 Å². The van der Waals surface area contributed by atoms with E-state index in [0.29, 0.717) is 17.0 Å². The molecular formula is C27H26FN7O5S. The predicted molar refractivity (Wildman–Crippen MR) is 152 cm³/mol. The third-order valence-corrected chi connectivity index (χ3v) is 6.30. The van der Waals surface area contributed by atoms with Gasteiger partial charge in [-0.25, -0.2) is 22.6 Å². The molecule has 0 spiro atoms. The molecule has 0 fully saturated rings. The van der Waals surface area contributed by atoms with E-state index in [2.05, 4.69) is 30.6 Å². The summed E-state index contributed by atoms with van der Waals surface area (Å²) < 4.78 is 52.6. The number of fused-ring (bicyclic) bond motifs is 1. The van der Waals surface area contributed by atoms with E-state index in [1.54, 1.807) is 23.1 Å². The number of sulfonamides is 1. The Morgan fingerprint density at radius 2 is 1.78 bits per heavy atom. The molecule has 0 aliphatic rings. The van der Waals surface area contributed by atoms with Crippen molar-refractivity contribution in [2.75, 3.05) is 21.6 Å². The number of carbonyl (C=O) groups is 1. The maximum absolute atomic E-state index is 14.9. The average Bonchev–Trinajstić information content (AvgIpc) is 3.51. The number of urea groups is 1. The fourth-order valence-electron chi connectivity index (χ4n) is 3.84. The summed E-state index contributed by atoms with van der Waals surface area (Å²) in [5.74, 6) is -0.333. The maximum atomic E-state index is 14.9. The molecule has 0 unspecified atom stereocenters. The van der Waals surface area contributed by atoms with E-state index in [9.17, 15) is 17.6 Å². The second kappa shape index (κ2) is 10.5. The van der Waals surface area contributed by atoms with Gasteiger partial charge in [-0.2, -0.15) is 5.10 Å². The first kappa shape index (κ1) is 27.6. The number of benzene rings is 2. The van der Waals surface area contributed by atoms with Crippen LogP contribution in [0.2, 0.25) is 0 Å². The maximum Gasteiger partial charge on any atom is 0.323 e. The number of hydrogen-bond acceptors (Lipinski definition) is 8. The van der Waals surface area contributed by atoms with Crippen LogP contribution >= 0.6 is 0 Å². The molecule has 14 heteroatoms. The Hall–Kier alpha value is -4.98. The first-order chi connectivity index (χ1) is 19.3. The summed E-state index contributed by atoms with van der Waals surface area (Å²) in [5.41, 5.74) is 1.84. The zero-order chi connectivity index (χ0) is 29.4. The number of halogens is 1. The molecule has 3 heterocycles. The zero-order valence-electron chi connectivity index (χ0n) is 22.5. The van der Waals surface area contributed by atoms with Crippen molar-refractivity contribution in [3.05, 3.63) is 72.9 Å². The normalized spacial score (nSPS) is 11.8. The Labute approximate surface area is 234 Å². The second-order valence-electron chi connectivity index (χ2n) is 10.2. The molecule has 3 N–H and O–H groups in total. The molecule has 0 aliphatic heterocycles. The van der Waals surface area contributed by atoms with E-state index in [1.807, 2.05) is 32.9 Å². The quantitative estimate of drug-likeness (QED) is 0.219. The molecule has 0 atom stereocenters. The van der Waals surface area contributed by atoms with E-state index < -0.39 is 21.9 Å². The van der Waals surface area contributed by atoms with Gasteiger partial charge in [0.1, 0.15) is 28.8 Å². The van der Waals surface area contributed by atoms with Gasteiger partial charge in [0.25, 0.3) is 0 Å². The molecule has 0 saturated carbocycles. The molecule has 41 heavy (non-hydrogen) atoms. The minimum atomic E-state index is -3.53. The number of anilines is 3. The molecule has 3 aromatic heterocycles. The number of pyridine rings is 1. The van der Waals surface area contributed by atoms with Crippen molar-refractivity contribution in [3.8, 4) is 22.8 Å². The molecule has 2 amide bonds. The fourth-order valence-corrected chi connectivity index (χ4v) is 4.33. The van der Waals surface area contributed by atoms with Gasteiger partial charge in [0, 0.05) is 35.5 Å². The van der Waals surface area contributed by atoms with Crippen molar-refractivity contribution in [2.45, 2.75) is 26.3 Å². The average molecular weight is 580 g/mol. The molecule has 0 radical (unpaired) electrons. The number of aromatic nitrogens is 4. The van der Waals surface area contributed by atoms with Gasteiger partial charge in [-0.3, -0.25) is 9.40 Å². The number of hydrogen-bond donors (Lipinski definition) is 3. The SMILES string of the molecule is CC(C)(C)n1cc(NC(=O)Nc2ccc(Oc3ccnc(NS(C)(=O)=O)c3)cc2F)c(-c2ccc3oncc3c2)n1. The monoisotopic (exact) mass is 579 g/mol. The molecule has 0 saturated heterocycles. The Kier molecular flexibility index (Phi) is 7.09. The lowest BCUT2D eigenvalue weighted by Crippen LogP contribution is -2.22. The van der Waals surface area contributed by atoms with Crippen molar-refractivity contribution in [3.63, 3.8) is 0 Å². The number of amides is 2. The van der Waals surface area contributed by atoms with Gasteiger partial charge < -0.3 is 19.9 Å². The number of rotatable bonds is 7. The zero-order valence-corrected chi connectivity index (χ0v) is 23.3. The van der Waals surface area contributed by atoms with Gasteiger partial charge in [0.05, 0.1) is 29.4 Å². The highest BCUT2D eigenvalue weighted by molar-refractivity contribution is 7.92. The van der Waals surface area contributed by atoms with Crippen molar-refractivity contribution in [1.82, 2.24) is 19.9 Å². The number of nitrogens with one attached hydrogen (secondary N) is 3. The summed E-state index contributed by atoms with van der Waals surface area (Å²) in [5, 5.41) is 14.5. The van der Waals surface area contributed by atoms with E-state index in [0.717, 1.165) is 23.3 Å². The Morgan fingerprint density at radius 3 is 2.51 bits per heavy atom. The third kappa shape index (κ3) is 6.61. The van der Waals surface area contributed by atoms with E-state index in [-0.39, 0.29) is 28.5 Å². The van der Waals surface area contributed by atoms with Gasteiger partial charge in [0.15, 0.2) is 5.58 Å².